The van der Waals surface area contributed by atoms with Gasteiger partial charge in [0.15, 0.2) is 0 Å². The second kappa shape index (κ2) is 12.3. The van der Waals surface area contributed by atoms with Crippen molar-refractivity contribution in [3.05, 3.63) is 91.0 Å². The Morgan fingerprint density at radius 2 is 1.95 bits per heavy atom. The van der Waals surface area contributed by atoms with Crippen LogP contribution in [-0.4, -0.2) is 54.7 Å². The van der Waals surface area contributed by atoms with Crippen LogP contribution in [0.4, 0.5) is 17.2 Å². The molecule has 212 valence electrons. The number of anilines is 3. The first-order chi connectivity index (χ1) is 20.6. The summed E-state index contributed by atoms with van der Waals surface area (Å²) in [6.07, 6.45) is 5.50. The number of carbonyl (C=O) groups is 1. The molecule has 0 bridgehead atoms. The third-order valence-electron chi connectivity index (χ3n) is 6.80. The summed E-state index contributed by atoms with van der Waals surface area (Å²) >= 11 is 4.16. The lowest BCUT2D eigenvalue weighted by Crippen LogP contribution is -2.13. The van der Waals surface area contributed by atoms with Gasteiger partial charge < -0.3 is 25.5 Å². The van der Waals surface area contributed by atoms with Gasteiger partial charge in [-0.1, -0.05) is 36.4 Å². The number of aromatic nitrogens is 5. The van der Waals surface area contributed by atoms with Gasteiger partial charge in [0.05, 0.1) is 35.9 Å². The summed E-state index contributed by atoms with van der Waals surface area (Å²) in [5, 5.41) is 22.0. The van der Waals surface area contributed by atoms with Crippen molar-refractivity contribution in [1.82, 2.24) is 24.7 Å². The van der Waals surface area contributed by atoms with Gasteiger partial charge >= 0.3 is 0 Å². The molecule has 6 rings (SSSR count). The number of nitrogens with zero attached hydrogens (tertiary/aromatic N) is 4. The molecule has 42 heavy (non-hydrogen) atoms. The lowest BCUT2D eigenvalue weighted by atomic mass is 10.0. The first-order valence-electron chi connectivity index (χ1n) is 13.5. The smallest absolute Gasteiger partial charge is 0.225 e. The molecule has 10 nitrogen and oxygen atoms in total. The Labute approximate surface area is 247 Å². The molecule has 6 aromatic rings. The van der Waals surface area contributed by atoms with Gasteiger partial charge in [-0.2, -0.15) is 17.7 Å². The maximum Gasteiger partial charge on any atom is 0.225 e. The van der Waals surface area contributed by atoms with Gasteiger partial charge in [-0.25, -0.2) is 9.97 Å². The van der Waals surface area contributed by atoms with Crippen LogP contribution >= 0.6 is 12.6 Å². The van der Waals surface area contributed by atoms with Gasteiger partial charge in [-0.3, -0.25) is 9.48 Å². The standard InChI is InChI=1S/C31H29N7O3S/c39-11-12-41-27-9-6-21(15-25(27)37-28(40)10-13-42)24-17-32-30-29(24)31(34-19-33-30)36-23-7-8-26-22(14-23)16-35-38(26)18-20-4-2-1-3-5-20/h1-9,14-17,19,39,42H,10-13,18H2,(H,37,40)(H2,32,33,34,36). The lowest BCUT2D eigenvalue weighted by molar-refractivity contribution is -0.115. The second-order valence-electron chi connectivity index (χ2n) is 9.64. The van der Waals surface area contributed by atoms with Gasteiger partial charge in [-0.05, 0) is 47.2 Å². The molecule has 0 atom stereocenters. The van der Waals surface area contributed by atoms with Crippen LogP contribution in [0.15, 0.2) is 85.5 Å². The molecule has 0 saturated heterocycles. The highest BCUT2D eigenvalue weighted by Crippen LogP contribution is 2.37. The fraction of sp³-hybridized carbons (Fsp3) is 0.161. The van der Waals surface area contributed by atoms with Crippen LogP contribution in [0.3, 0.4) is 0 Å². The Bertz CT molecular complexity index is 1850. The minimum absolute atomic E-state index is 0.110. The molecule has 0 aliphatic rings. The van der Waals surface area contributed by atoms with E-state index in [4.69, 9.17) is 4.74 Å². The van der Waals surface area contributed by atoms with Gasteiger partial charge in [0.1, 0.15) is 30.1 Å². The third-order valence-corrected chi connectivity index (χ3v) is 7.03. The highest BCUT2D eigenvalue weighted by atomic mass is 32.1. The molecule has 0 spiro atoms. The summed E-state index contributed by atoms with van der Waals surface area (Å²) in [5.74, 6) is 1.35. The first kappa shape index (κ1) is 27.3. The lowest BCUT2D eigenvalue weighted by Gasteiger charge is -2.14. The molecule has 3 aromatic carbocycles. The Balaban J connectivity index is 1.32. The Morgan fingerprint density at radius 3 is 2.79 bits per heavy atom. The van der Waals surface area contributed by atoms with Crippen molar-refractivity contribution in [2.45, 2.75) is 13.0 Å². The zero-order chi connectivity index (χ0) is 28.9. The number of aliphatic hydroxyl groups excluding tert-OH is 1. The second-order valence-corrected chi connectivity index (χ2v) is 10.1. The maximum absolute atomic E-state index is 12.4. The minimum Gasteiger partial charge on any atom is -0.489 e. The molecule has 0 aliphatic heterocycles. The van der Waals surface area contributed by atoms with Crippen LogP contribution < -0.4 is 15.4 Å². The fourth-order valence-corrected chi connectivity index (χ4v) is 5.06. The van der Waals surface area contributed by atoms with E-state index in [0.717, 1.165) is 33.1 Å². The number of rotatable bonds is 11. The van der Waals surface area contributed by atoms with Crippen molar-refractivity contribution >= 4 is 57.7 Å². The van der Waals surface area contributed by atoms with Gasteiger partial charge in [-0.15, -0.1) is 0 Å². The van der Waals surface area contributed by atoms with Crippen molar-refractivity contribution in [2.24, 2.45) is 0 Å². The summed E-state index contributed by atoms with van der Waals surface area (Å²) in [5.41, 5.74) is 5.94. The Hall–Kier alpha value is -4.87. The molecule has 3 aromatic heterocycles. The van der Waals surface area contributed by atoms with Gasteiger partial charge in [0.2, 0.25) is 5.91 Å². The summed E-state index contributed by atoms with van der Waals surface area (Å²) in [4.78, 5) is 24.6. The highest BCUT2D eigenvalue weighted by molar-refractivity contribution is 7.80. The number of H-pyrrole nitrogens is 1. The van der Waals surface area contributed by atoms with Crippen LogP contribution in [0.25, 0.3) is 33.1 Å². The van der Waals surface area contributed by atoms with Crippen molar-refractivity contribution in [1.29, 1.82) is 0 Å². The number of fused-ring (bicyclic) bond motifs is 2. The van der Waals surface area contributed by atoms with Crippen LogP contribution in [-0.2, 0) is 11.3 Å². The van der Waals surface area contributed by atoms with E-state index in [0.29, 0.717) is 35.2 Å². The predicted molar refractivity (Wildman–Crippen MR) is 168 cm³/mol. The van der Waals surface area contributed by atoms with Crippen molar-refractivity contribution in [3.8, 4) is 16.9 Å². The number of aromatic amines is 1. The average molecular weight is 580 g/mol. The van der Waals surface area contributed by atoms with Crippen molar-refractivity contribution in [3.63, 3.8) is 0 Å². The van der Waals surface area contributed by atoms with E-state index in [2.05, 4.69) is 61.5 Å². The third kappa shape index (κ3) is 5.78. The van der Waals surface area contributed by atoms with Crippen LogP contribution in [0.2, 0.25) is 0 Å². The van der Waals surface area contributed by atoms with Gasteiger partial charge in [0, 0.05) is 29.3 Å². The van der Waals surface area contributed by atoms with Crippen LogP contribution in [0, 0.1) is 0 Å². The van der Waals surface area contributed by atoms with E-state index < -0.39 is 0 Å². The van der Waals surface area contributed by atoms with E-state index in [1.165, 1.54) is 11.9 Å². The summed E-state index contributed by atoms with van der Waals surface area (Å²) < 4.78 is 7.65. The molecule has 0 saturated carbocycles. The number of amides is 1. The zero-order valence-corrected chi connectivity index (χ0v) is 23.5. The van der Waals surface area contributed by atoms with E-state index in [9.17, 15) is 9.90 Å². The molecule has 0 unspecified atom stereocenters. The monoisotopic (exact) mass is 579 g/mol. The Kier molecular flexibility index (Phi) is 8.02. The normalized spacial score (nSPS) is 11.2. The highest BCUT2D eigenvalue weighted by Gasteiger charge is 2.16. The molecule has 0 radical (unpaired) electrons. The zero-order valence-electron chi connectivity index (χ0n) is 22.6. The summed E-state index contributed by atoms with van der Waals surface area (Å²) in [6, 6.07) is 21.9. The molecule has 3 heterocycles. The molecule has 0 fully saturated rings. The van der Waals surface area contributed by atoms with Crippen LogP contribution in [0.1, 0.15) is 12.0 Å². The summed E-state index contributed by atoms with van der Waals surface area (Å²) in [7, 11) is 0. The topological polar surface area (TPSA) is 130 Å². The van der Waals surface area contributed by atoms with E-state index in [1.807, 2.05) is 59.5 Å². The van der Waals surface area contributed by atoms with E-state index >= 15 is 0 Å². The first-order valence-corrected chi connectivity index (χ1v) is 14.1. The number of hydrogen-bond acceptors (Lipinski definition) is 8. The quantitative estimate of drug-likeness (QED) is 0.130. The van der Waals surface area contributed by atoms with E-state index in [-0.39, 0.29) is 25.5 Å². The van der Waals surface area contributed by atoms with Gasteiger partial charge in [0.25, 0.3) is 0 Å². The molecule has 0 aliphatic carbocycles. The van der Waals surface area contributed by atoms with Crippen molar-refractivity contribution in [2.75, 3.05) is 29.6 Å². The molecule has 4 N–H and O–H groups in total. The minimum atomic E-state index is -0.178. The molecular formula is C31H29N7O3S. The Morgan fingerprint density at radius 1 is 1.07 bits per heavy atom. The number of carbonyl (C=O) groups excluding carboxylic acids is 1. The van der Waals surface area contributed by atoms with Crippen LogP contribution in [0.5, 0.6) is 5.75 Å². The fourth-order valence-electron chi connectivity index (χ4n) is 4.86. The number of hydrogen-bond donors (Lipinski definition) is 5. The summed E-state index contributed by atoms with van der Waals surface area (Å²) in [6.45, 7) is 0.663. The average Bonchev–Trinajstić information content (AvgIpc) is 3.62. The number of thiol groups is 1. The predicted octanol–water partition coefficient (Wildman–Crippen LogP) is 5.40. The SMILES string of the molecule is O=C(CCS)Nc1cc(-c2c[nH]c3ncnc(Nc4ccc5c(cnn5Cc5ccccc5)c4)c23)ccc1OCCO. The largest absolute Gasteiger partial charge is 0.489 e. The maximum atomic E-state index is 12.4. The number of ether oxygens (including phenoxy) is 1. The molecule has 1 amide bonds. The molecular weight excluding hydrogens is 550 g/mol. The number of nitrogens with one attached hydrogen (secondary N) is 3. The number of aliphatic hydroxyl groups is 1. The molecule has 11 heteroatoms. The van der Waals surface area contributed by atoms with E-state index in [1.54, 1.807) is 6.07 Å². The number of benzene rings is 3. The van der Waals surface area contributed by atoms with Crippen molar-refractivity contribution < 1.29 is 14.6 Å².